The molecule has 5 heteroatoms. The molecule has 0 saturated carbocycles. The maximum absolute atomic E-state index is 13.5. The number of anilines is 1. The molecule has 0 unspecified atom stereocenters. The monoisotopic (exact) mass is 259 g/mol. The van der Waals surface area contributed by atoms with Gasteiger partial charge < -0.3 is 4.74 Å². The normalized spacial score (nSPS) is 11.1. The summed E-state index contributed by atoms with van der Waals surface area (Å²) in [6.45, 7) is 5.21. The van der Waals surface area contributed by atoms with E-state index in [-0.39, 0.29) is 11.6 Å². The molecular weight excluding hydrogens is 245 g/mol. The smallest absolute Gasteiger partial charge is 0.412 e. The number of halogens is 2. The summed E-state index contributed by atoms with van der Waals surface area (Å²) >= 11 is 5.57. The number of carbonyl (C=O) groups is 1. The Kier molecular flexibility index (Phi) is 4.34. The molecule has 0 atom stereocenters. The first-order chi connectivity index (χ1) is 7.81. The molecule has 0 saturated heterocycles. The van der Waals surface area contributed by atoms with Crippen molar-refractivity contribution in [3.63, 3.8) is 0 Å². The van der Waals surface area contributed by atoms with Crippen LogP contribution in [0.3, 0.4) is 0 Å². The van der Waals surface area contributed by atoms with E-state index in [1.807, 2.05) is 0 Å². The van der Waals surface area contributed by atoms with E-state index in [2.05, 4.69) is 5.32 Å². The predicted molar refractivity (Wildman–Crippen MR) is 65.8 cm³/mol. The SMILES string of the molecule is CC(C)(C)OC(=O)Nc1ccc(CCl)cc1F. The first-order valence-electron chi connectivity index (χ1n) is 5.16. The van der Waals surface area contributed by atoms with Crippen LogP contribution in [0.2, 0.25) is 0 Å². The highest BCUT2D eigenvalue weighted by Crippen LogP contribution is 2.18. The third kappa shape index (κ3) is 4.61. The zero-order valence-corrected chi connectivity index (χ0v) is 10.8. The van der Waals surface area contributed by atoms with Gasteiger partial charge in [0, 0.05) is 5.88 Å². The molecule has 0 spiro atoms. The molecule has 1 N–H and O–H groups in total. The van der Waals surface area contributed by atoms with E-state index in [1.165, 1.54) is 12.1 Å². The number of nitrogens with one attached hydrogen (secondary N) is 1. The molecule has 1 aromatic carbocycles. The molecule has 17 heavy (non-hydrogen) atoms. The summed E-state index contributed by atoms with van der Waals surface area (Å²) < 4.78 is 18.5. The first kappa shape index (κ1) is 13.8. The molecule has 1 rings (SSSR count). The number of carbonyl (C=O) groups excluding carboxylic acids is 1. The Bertz CT molecular complexity index is 415. The van der Waals surface area contributed by atoms with Crippen LogP contribution in [-0.4, -0.2) is 11.7 Å². The lowest BCUT2D eigenvalue weighted by Crippen LogP contribution is -2.27. The highest BCUT2D eigenvalue weighted by Gasteiger charge is 2.17. The van der Waals surface area contributed by atoms with E-state index in [0.717, 1.165) is 0 Å². The third-order valence-corrected chi connectivity index (χ3v) is 2.13. The second-order valence-electron chi connectivity index (χ2n) is 4.57. The standard InChI is InChI=1S/C12H15ClFNO2/c1-12(2,3)17-11(16)15-10-5-4-8(7-13)6-9(10)14/h4-6H,7H2,1-3H3,(H,15,16). The van der Waals surface area contributed by atoms with Crippen molar-refractivity contribution in [1.29, 1.82) is 0 Å². The molecule has 0 aliphatic heterocycles. The van der Waals surface area contributed by atoms with Crippen LogP contribution >= 0.6 is 11.6 Å². The zero-order valence-electron chi connectivity index (χ0n) is 10.0. The Hall–Kier alpha value is -1.29. The summed E-state index contributed by atoms with van der Waals surface area (Å²) in [5.74, 6) is -0.307. The van der Waals surface area contributed by atoms with E-state index in [9.17, 15) is 9.18 Å². The molecule has 3 nitrogen and oxygen atoms in total. The van der Waals surface area contributed by atoms with Gasteiger partial charge in [-0.3, -0.25) is 5.32 Å². The molecule has 1 aromatic rings. The Morgan fingerprint density at radius 2 is 2.12 bits per heavy atom. The minimum absolute atomic E-state index is 0.0770. The van der Waals surface area contributed by atoms with Crippen molar-refractivity contribution < 1.29 is 13.9 Å². The quantitative estimate of drug-likeness (QED) is 0.818. The molecule has 0 heterocycles. The van der Waals surface area contributed by atoms with Gasteiger partial charge in [0.1, 0.15) is 11.4 Å². The first-order valence-corrected chi connectivity index (χ1v) is 5.69. The molecule has 0 aliphatic carbocycles. The maximum atomic E-state index is 13.5. The zero-order chi connectivity index (χ0) is 13.1. The highest BCUT2D eigenvalue weighted by atomic mass is 35.5. The Labute approximate surface area is 105 Å². The van der Waals surface area contributed by atoms with Gasteiger partial charge in [-0.25, -0.2) is 9.18 Å². The largest absolute Gasteiger partial charge is 0.444 e. The van der Waals surface area contributed by atoms with Crippen molar-refractivity contribution in [1.82, 2.24) is 0 Å². The molecule has 94 valence electrons. The van der Waals surface area contributed by atoms with Gasteiger partial charge in [0.05, 0.1) is 5.69 Å². The number of benzene rings is 1. The number of rotatable bonds is 2. The van der Waals surface area contributed by atoms with Crippen molar-refractivity contribution >= 4 is 23.4 Å². The molecule has 0 fully saturated rings. The summed E-state index contributed by atoms with van der Waals surface area (Å²) in [6, 6.07) is 4.37. The van der Waals surface area contributed by atoms with Crippen LogP contribution in [0.25, 0.3) is 0 Å². The fourth-order valence-electron chi connectivity index (χ4n) is 1.16. The number of amides is 1. The predicted octanol–water partition coefficient (Wildman–Crippen LogP) is 3.91. The molecular formula is C12H15ClFNO2. The van der Waals surface area contributed by atoms with E-state index in [0.29, 0.717) is 5.56 Å². The van der Waals surface area contributed by atoms with Gasteiger partial charge in [-0.15, -0.1) is 11.6 Å². The summed E-state index contributed by atoms with van der Waals surface area (Å²) in [5.41, 5.74) is 0.114. The van der Waals surface area contributed by atoms with Crippen LogP contribution in [0, 0.1) is 5.82 Å². The molecule has 0 radical (unpaired) electrons. The highest BCUT2D eigenvalue weighted by molar-refractivity contribution is 6.17. The van der Waals surface area contributed by atoms with Gasteiger partial charge in [0.15, 0.2) is 0 Å². The summed E-state index contributed by atoms with van der Waals surface area (Å²) in [6.07, 6.45) is -0.685. The van der Waals surface area contributed by atoms with Crippen molar-refractivity contribution in [2.45, 2.75) is 32.3 Å². The Morgan fingerprint density at radius 1 is 1.47 bits per heavy atom. The van der Waals surface area contributed by atoms with Crippen LogP contribution in [0.15, 0.2) is 18.2 Å². The lowest BCUT2D eigenvalue weighted by Gasteiger charge is -2.19. The molecule has 0 bridgehead atoms. The number of hydrogen-bond donors (Lipinski definition) is 1. The van der Waals surface area contributed by atoms with Gasteiger partial charge >= 0.3 is 6.09 Å². The van der Waals surface area contributed by atoms with Crippen LogP contribution in [0.5, 0.6) is 0 Å². The van der Waals surface area contributed by atoms with Crippen molar-refractivity contribution in [3.05, 3.63) is 29.6 Å². The van der Waals surface area contributed by atoms with Gasteiger partial charge in [0.25, 0.3) is 0 Å². The number of alkyl halides is 1. The van der Waals surface area contributed by atoms with Gasteiger partial charge in [-0.1, -0.05) is 6.07 Å². The fourth-order valence-corrected chi connectivity index (χ4v) is 1.32. The molecule has 0 aromatic heterocycles. The van der Waals surface area contributed by atoms with E-state index in [1.54, 1.807) is 26.8 Å². The minimum atomic E-state index is -0.685. The fraction of sp³-hybridized carbons (Fsp3) is 0.417. The van der Waals surface area contributed by atoms with E-state index >= 15 is 0 Å². The second kappa shape index (κ2) is 5.36. The maximum Gasteiger partial charge on any atom is 0.412 e. The molecule has 1 amide bonds. The third-order valence-electron chi connectivity index (χ3n) is 1.82. The van der Waals surface area contributed by atoms with Crippen LogP contribution in [0.1, 0.15) is 26.3 Å². The van der Waals surface area contributed by atoms with Crippen molar-refractivity contribution in [2.24, 2.45) is 0 Å². The van der Waals surface area contributed by atoms with Gasteiger partial charge in [0.2, 0.25) is 0 Å². The van der Waals surface area contributed by atoms with Crippen LogP contribution < -0.4 is 5.32 Å². The minimum Gasteiger partial charge on any atom is -0.444 e. The number of hydrogen-bond acceptors (Lipinski definition) is 2. The topological polar surface area (TPSA) is 38.3 Å². The lowest BCUT2D eigenvalue weighted by molar-refractivity contribution is 0.0635. The summed E-state index contributed by atoms with van der Waals surface area (Å²) in [7, 11) is 0. The average molecular weight is 260 g/mol. The van der Waals surface area contributed by atoms with Gasteiger partial charge in [-0.05, 0) is 38.5 Å². The lowest BCUT2D eigenvalue weighted by atomic mass is 10.2. The van der Waals surface area contributed by atoms with Gasteiger partial charge in [-0.2, -0.15) is 0 Å². The molecule has 0 aliphatic rings. The van der Waals surface area contributed by atoms with Crippen molar-refractivity contribution in [2.75, 3.05) is 5.32 Å². The Morgan fingerprint density at radius 3 is 2.59 bits per heavy atom. The Balaban J connectivity index is 2.72. The van der Waals surface area contributed by atoms with Crippen LogP contribution in [0.4, 0.5) is 14.9 Å². The van der Waals surface area contributed by atoms with Crippen LogP contribution in [-0.2, 0) is 10.6 Å². The second-order valence-corrected chi connectivity index (χ2v) is 4.84. The number of ether oxygens (including phenoxy) is 1. The van der Waals surface area contributed by atoms with Crippen molar-refractivity contribution in [3.8, 4) is 0 Å². The average Bonchev–Trinajstić information content (AvgIpc) is 2.18. The van der Waals surface area contributed by atoms with E-state index in [4.69, 9.17) is 16.3 Å². The summed E-state index contributed by atoms with van der Waals surface area (Å²) in [4.78, 5) is 11.4. The summed E-state index contributed by atoms with van der Waals surface area (Å²) in [5, 5.41) is 2.34. The van der Waals surface area contributed by atoms with E-state index < -0.39 is 17.5 Å².